The van der Waals surface area contributed by atoms with E-state index in [0.29, 0.717) is 13.2 Å². The number of rotatable bonds is 6. The maximum atomic E-state index is 9.40. The molecule has 1 aromatic carbocycles. The fraction of sp³-hybridized carbons (Fsp3) is 0.538. The van der Waals surface area contributed by atoms with Crippen molar-refractivity contribution in [3.8, 4) is 0 Å². The van der Waals surface area contributed by atoms with Gasteiger partial charge in [0.15, 0.2) is 0 Å². The van der Waals surface area contributed by atoms with E-state index in [4.69, 9.17) is 4.74 Å². The molecule has 0 aliphatic heterocycles. The van der Waals surface area contributed by atoms with E-state index in [1.54, 1.807) is 0 Å². The Morgan fingerprint density at radius 2 is 1.83 bits per heavy atom. The average Bonchev–Trinajstić information content (AvgIpc) is 2.98. The Hall–Kier alpha value is 0.398. The zero-order valence-corrected chi connectivity index (χ0v) is 14.5. The molecule has 2 rings (SSSR count). The zero-order valence-electron chi connectivity index (χ0n) is 10.1. The van der Waals surface area contributed by atoms with Gasteiger partial charge in [0.05, 0.1) is 30.8 Å². The molecule has 1 aliphatic carbocycles. The van der Waals surface area contributed by atoms with Gasteiger partial charge in [-0.3, -0.25) is 0 Å². The van der Waals surface area contributed by atoms with Gasteiger partial charge in [-0.2, -0.15) is 0 Å². The van der Waals surface area contributed by atoms with Crippen LogP contribution in [0.3, 0.4) is 0 Å². The van der Waals surface area contributed by atoms with E-state index in [-0.39, 0.29) is 47.4 Å². The SMILES string of the molecule is OCC1(Br)CC1(CO)COCc1ccccc1.[SbH]. The minimum absolute atomic E-state index is 0. The van der Waals surface area contributed by atoms with E-state index in [9.17, 15) is 10.2 Å². The number of hydrogen-bond acceptors (Lipinski definition) is 3. The molecule has 0 spiro atoms. The summed E-state index contributed by atoms with van der Waals surface area (Å²) in [6, 6.07) is 9.92. The molecular formula is C13H18BrO3Sb. The number of benzene rings is 1. The van der Waals surface area contributed by atoms with Crippen molar-refractivity contribution < 1.29 is 14.9 Å². The van der Waals surface area contributed by atoms with E-state index in [1.165, 1.54) is 0 Å². The van der Waals surface area contributed by atoms with Crippen LogP contribution in [0.4, 0.5) is 0 Å². The summed E-state index contributed by atoms with van der Waals surface area (Å²) in [4.78, 5) is 0. The number of hydrogen-bond donors (Lipinski definition) is 2. The molecule has 2 unspecified atom stereocenters. The van der Waals surface area contributed by atoms with Crippen LogP contribution in [-0.4, -0.2) is 58.8 Å². The van der Waals surface area contributed by atoms with Gasteiger partial charge >= 0.3 is 24.4 Å². The molecule has 2 N–H and O–H groups in total. The summed E-state index contributed by atoms with van der Waals surface area (Å²) in [5.74, 6) is 0. The third-order valence-electron chi connectivity index (χ3n) is 3.49. The van der Waals surface area contributed by atoms with Crippen LogP contribution >= 0.6 is 15.9 Å². The normalized spacial score (nSPS) is 29.7. The van der Waals surface area contributed by atoms with Crippen molar-refractivity contribution in [3.05, 3.63) is 35.9 Å². The van der Waals surface area contributed by atoms with E-state index >= 15 is 0 Å². The molecule has 1 saturated carbocycles. The molecule has 0 amide bonds. The first kappa shape index (κ1) is 16.5. The summed E-state index contributed by atoms with van der Waals surface area (Å²) < 4.78 is 5.28. The monoisotopic (exact) mass is 422 g/mol. The number of alkyl halides is 1. The molecule has 1 aromatic rings. The summed E-state index contributed by atoms with van der Waals surface area (Å²) in [5.41, 5.74) is 0.793. The second-order valence-electron chi connectivity index (χ2n) is 4.72. The summed E-state index contributed by atoms with van der Waals surface area (Å²) in [6.45, 7) is 1.07. The van der Waals surface area contributed by atoms with Crippen LogP contribution in [0.15, 0.2) is 30.3 Å². The van der Waals surface area contributed by atoms with Crippen LogP contribution in [0.5, 0.6) is 0 Å². The van der Waals surface area contributed by atoms with Gasteiger partial charge < -0.3 is 14.9 Å². The molecule has 0 aromatic heterocycles. The number of aliphatic hydroxyl groups excluding tert-OH is 2. The molecule has 5 heteroatoms. The molecule has 0 bridgehead atoms. The summed E-state index contributed by atoms with van der Waals surface area (Å²) in [7, 11) is 0. The van der Waals surface area contributed by atoms with Gasteiger partial charge in [0.1, 0.15) is 0 Å². The van der Waals surface area contributed by atoms with Gasteiger partial charge in [0.25, 0.3) is 0 Å². The molecular weight excluding hydrogens is 406 g/mol. The predicted octanol–water partition coefficient (Wildman–Crippen LogP) is 1.06. The molecule has 0 saturated heterocycles. The second-order valence-corrected chi connectivity index (χ2v) is 6.24. The Bertz CT molecular complexity index is 376. The molecule has 3 nitrogen and oxygen atoms in total. The van der Waals surface area contributed by atoms with Crippen molar-refractivity contribution in [1.82, 2.24) is 0 Å². The molecule has 1 aliphatic rings. The molecule has 18 heavy (non-hydrogen) atoms. The van der Waals surface area contributed by atoms with E-state index in [2.05, 4.69) is 15.9 Å². The topological polar surface area (TPSA) is 49.7 Å². The third kappa shape index (κ3) is 3.29. The first-order chi connectivity index (χ1) is 8.16. The fourth-order valence-electron chi connectivity index (χ4n) is 2.08. The Morgan fingerprint density at radius 3 is 2.33 bits per heavy atom. The standard InChI is InChI=1S/C13H17BrO3.Sb.H/c14-13(9-16)7-12(13,8-15)10-17-6-11-4-2-1-3-5-11;;/h1-5,15-16H,6-10H2;;. The van der Waals surface area contributed by atoms with Crippen LogP contribution in [0.2, 0.25) is 0 Å². The molecule has 0 heterocycles. The molecule has 1 fully saturated rings. The van der Waals surface area contributed by atoms with Crippen molar-refractivity contribution in [2.75, 3.05) is 19.8 Å². The fourth-order valence-corrected chi connectivity index (χ4v) is 2.85. The average molecular weight is 424 g/mol. The van der Waals surface area contributed by atoms with Gasteiger partial charge in [-0.25, -0.2) is 0 Å². The number of ether oxygens (including phenoxy) is 1. The molecule has 100 valence electrons. The van der Waals surface area contributed by atoms with Crippen molar-refractivity contribution in [3.63, 3.8) is 0 Å². The van der Waals surface area contributed by atoms with Crippen LogP contribution < -0.4 is 0 Å². The summed E-state index contributed by atoms with van der Waals surface area (Å²) in [6.07, 6.45) is 0.752. The Balaban J connectivity index is 0.00000162. The van der Waals surface area contributed by atoms with Gasteiger partial charge in [0, 0.05) is 5.41 Å². The van der Waals surface area contributed by atoms with Crippen molar-refractivity contribution in [2.45, 2.75) is 17.4 Å². The van der Waals surface area contributed by atoms with Gasteiger partial charge in [-0.15, -0.1) is 0 Å². The van der Waals surface area contributed by atoms with Crippen LogP contribution in [0.25, 0.3) is 0 Å². The van der Waals surface area contributed by atoms with Crippen molar-refractivity contribution in [1.29, 1.82) is 0 Å². The minimum atomic E-state index is -0.356. The summed E-state index contributed by atoms with van der Waals surface area (Å²) in [5, 5.41) is 18.6. The van der Waals surface area contributed by atoms with E-state index < -0.39 is 0 Å². The second kappa shape index (κ2) is 6.71. The quantitative estimate of drug-likeness (QED) is 0.531. The number of halogens is 1. The van der Waals surface area contributed by atoms with Crippen molar-refractivity contribution >= 4 is 40.4 Å². The van der Waals surface area contributed by atoms with E-state index in [0.717, 1.165) is 12.0 Å². The van der Waals surface area contributed by atoms with Gasteiger partial charge in [0.2, 0.25) is 0 Å². The van der Waals surface area contributed by atoms with Crippen LogP contribution in [-0.2, 0) is 11.3 Å². The molecule has 2 radical (unpaired) electrons. The Labute approximate surface area is 133 Å². The number of aliphatic hydroxyl groups is 2. The summed E-state index contributed by atoms with van der Waals surface area (Å²) >= 11 is 3.47. The first-order valence-corrected chi connectivity index (χ1v) is 6.47. The molecule has 2 atom stereocenters. The Kier molecular flexibility index (Phi) is 6.14. The van der Waals surface area contributed by atoms with Gasteiger partial charge in [-0.05, 0) is 12.0 Å². The van der Waals surface area contributed by atoms with Gasteiger partial charge in [-0.1, -0.05) is 46.3 Å². The third-order valence-corrected chi connectivity index (χ3v) is 4.86. The predicted molar refractivity (Wildman–Crippen MR) is 76.1 cm³/mol. The van der Waals surface area contributed by atoms with Crippen molar-refractivity contribution in [2.24, 2.45) is 5.41 Å². The Morgan fingerprint density at radius 1 is 1.17 bits per heavy atom. The maximum absolute atomic E-state index is 9.40. The van der Waals surface area contributed by atoms with Crippen LogP contribution in [0, 0.1) is 5.41 Å². The first-order valence-electron chi connectivity index (χ1n) is 5.68. The van der Waals surface area contributed by atoms with E-state index in [1.807, 2.05) is 30.3 Å². The zero-order chi connectivity index (χ0) is 12.4. The van der Waals surface area contributed by atoms with Crippen LogP contribution in [0.1, 0.15) is 12.0 Å².